The molecule has 1 amide bonds. The van der Waals surface area contributed by atoms with Gasteiger partial charge in [-0.2, -0.15) is 18.2 Å². The Kier molecular flexibility index (Phi) is 11.4. The average Bonchev–Trinajstić information content (AvgIpc) is 3.75. The Labute approximate surface area is 309 Å². The second-order valence-electron chi connectivity index (χ2n) is 13.1. The van der Waals surface area contributed by atoms with E-state index in [1.165, 1.54) is 14.0 Å². The van der Waals surface area contributed by atoms with E-state index < -0.39 is 29.8 Å². The maximum Gasteiger partial charge on any atom is 0.419 e. The highest BCUT2D eigenvalue weighted by molar-refractivity contribution is 6.36. The first kappa shape index (κ1) is 37.8. The van der Waals surface area contributed by atoms with Crippen LogP contribution in [0.4, 0.5) is 19.0 Å². The minimum Gasteiger partial charge on any atom is -0.481 e. The first-order valence-electron chi connectivity index (χ1n) is 17.2. The van der Waals surface area contributed by atoms with Crippen LogP contribution in [0.15, 0.2) is 54.6 Å². The molecule has 2 aliphatic rings. The number of carbonyl (C=O) groups is 2. The Morgan fingerprint density at radius 1 is 0.981 bits per heavy atom. The van der Waals surface area contributed by atoms with Gasteiger partial charge >= 0.3 is 12.1 Å². The molecule has 3 atom stereocenters. The van der Waals surface area contributed by atoms with Crippen LogP contribution in [0, 0.1) is 0 Å². The summed E-state index contributed by atoms with van der Waals surface area (Å²) < 4.78 is 54.1. The number of benzene rings is 2. The molecule has 1 aliphatic heterocycles. The normalized spacial score (nSPS) is 17.3. The Bertz CT molecular complexity index is 2010. The number of nitrogens with zero attached hydrogens (tertiary/aromatic N) is 2. The number of halogens is 4. The SMILES string of the molecule is COc1nc(-c2cccc(-c3cccc4c3CC[C@@H]4Nc3nc(OC)c(CN[C@@H](C)C(=O)O)cc3C(F)(F)F)c2Cl)ccc1CNC[C@@H]1CCC(=O)N1. The van der Waals surface area contributed by atoms with Crippen molar-refractivity contribution in [2.75, 3.05) is 26.1 Å². The number of anilines is 1. The van der Waals surface area contributed by atoms with Gasteiger partial charge in [0.1, 0.15) is 11.9 Å². The van der Waals surface area contributed by atoms with Crippen LogP contribution in [0.1, 0.15) is 60.0 Å². The number of ether oxygens (including phenoxy) is 2. The molecule has 280 valence electrons. The molecule has 1 fully saturated rings. The third-order valence-corrected chi connectivity index (χ3v) is 10.0. The van der Waals surface area contributed by atoms with Crippen molar-refractivity contribution in [2.24, 2.45) is 0 Å². The largest absolute Gasteiger partial charge is 0.481 e. The third kappa shape index (κ3) is 8.34. The Hall–Kier alpha value is -4.92. The van der Waals surface area contributed by atoms with Crippen molar-refractivity contribution in [2.45, 2.75) is 70.0 Å². The Balaban J connectivity index is 1.25. The molecule has 0 spiro atoms. The van der Waals surface area contributed by atoms with Crippen LogP contribution in [0.25, 0.3) is 22.4 Å². The standard InChI is InChI=1S/C38H40ClF3N6O5/c1-20(37(50)51)44-18-22-16-29(38(40,41)42)34(48-36(22)53-3)46-30-14-12-25-24(6-4-7-26(25)30)27-8-5-9-28(33(27)39)31-13-10-21(35(47-31)52-2)17-43-19-23-11-15-32(49)45-23/h4-10,13,16,20,23,30,43-44H,11-12,14-15,17-19H2,1-3H3,(H,45,49)(H,46,48)(H,50,51)/t20-,23-,30-/m0/s1. The summed E-state index contributed by atoms with van der Waals surface area (Å²) in [6.45, 7) is 2.35. The molecular formula is C38H40ClF3N6O5. The van der Waals surface area contributed by atoms with Gasteiger partial charge in [-0.05, 0) is 55.0 Å². The van der Waals surface area contributed by atoms with Gasteiger partial charge in [0.15, 0.2) is 0 Å². The summed E-state index contributed by atoms with van der Waals surface area (Å²) in [7, 11) is 2.86. The maximum atomic E-state index is 14.4. The van der Waals surface area contributed by atoms with Crippen LogP contribution in [0.2, 0.25) is 5.02 Å². The van der Waals surface area contributed by atoms with E-state index in [1.54, 1.807) is 7.11 Å². The number of aromatic nitrogens is 2. The van der Waals surface area contributed by atoms with Crippen molar-refractivity contribution in [1.29, 1.82) is 0 Å². The number of alkyl halides is 3. The summed E-state index contributed by atoms with van der Waals surface area (Å²) >= 11 is 7.10. The number of methoxy groups -OCH3 is 2. The second kappa shape index (κ2) is 16.0. The second-order valence-corrected chi connectivity index (χ2v) is 13.4. The lowest BCUT2D eigenvalue weighted by Gasteiger charge is -2.22. The minimum absolute atomic E-state index is 0.0465. The van der Waals surface area contributed by atoms with Crippen molar-refractivity contribution in [3.05, 3.63) is 87.4 Å². The van der Waals surface area contributed by atoms with E-state index in [4.69, 9.17) is 26.1 Å². The Morgan fingerprint density at radius 3 is 2.40 bits per heavy atom. The van der Waals surface area contributed by atoms with E-state index in [-0.39, 0.29) is 35.8 Å². The number of carboxylic acid groups (broad SMARTS) is 1. The average molecular weight is 753 g/mol. The summed E-state index contributed by atoms with van der Waals surface area (Å²) in [6.07, 6.45) is -2.32. The highest BCUT2D eigenvalue weighted by Crippen LogP contribution is 2.45. The zero-order chi connectivity index (χ0) is 37.9. The fraction of sp³-hybridized carbons (Fsp3) is 0.368. The molecule has 1 aliphatic carbocycles. The summed E-state index contributed by atoms with van der Waals surface area (Å²) in [5.74, 6) is -1.05. The van der Waals surface area contributed by atoms with Crippen LogP contribution in [-0.4, -0.2) is 59.8 Å². The number of amides is 1. The molecule has 11 nitrogen and oxygen atoms in total. The predicted molar refractivity (Wildman–Crippen MR) is 194 cm³/mol. The van der Waals surface area contributed by atoms with Crippen molar-refractivity contribution >= 4 is 29.3 Å². The van der Waals surface area contributed by atoms with E-state index in [1.807, 2.05) is 48.5 Å². The fourth-order valence-electron chi connectivity index (χ4n) is 6.82. The van der Waals surface area contributed by atoms with Crippen LogP contribution in [0.3, 0.4) is 0 Å². The molecule has 0 unspecified atom stereocenters. The molecule has 53 heavy (non-hydrogen) atoms. The number of pyridine rings is 2. The lowest BCUT2D eigenvalue weighted by atomic mass is 9.94. The fourth-order valence-corrected chi connectivity index (χ4v) is 7.14. The molecule has 5 N–H and O–H groups in total. The molecule has 3 heterocycles. The van der Waals surface area contributed by atoms with E-state index >= 15 is 0 Å². The minimum atomic E-state index is -4.74. The number of carbonyl (C=O) groups excluding carboxylic acids is 1. The van der Waals surface area contributed by atoms with Crippen LogP contribution >= 0.6 is 11.6 Å². The molecule has 2 aromatic heterocycles. The quantitative estimate of drug-likeness (QED) is 0.0964. The first-order chi connectivity index (χ1) is 25.4. The van der Waals surface area contributed by atoms with Gasteiger partial charge in [-0.3, -0.25) is 9.59 Å². The number of aliphatic carboxylic acids is 1. The van der Waals surface area contributed by atoms with Gasteiger partial charge in [-0.15, -0.1) is 0 Å². The molecule has 0 bridgehead atoms. The molecular weight excluding hydrogens is 713 g/mol. The van der Waals surface area contributed by atoms with Crippen molar-refractivity contribution in [3.8, 4) is 34.1 Å². The molecule has 6 rings (SSSR count). The van der Waals surface area contributed by atoms with E-state index in [9.17, 15) is 27.9 Å². The molecule has 0 radical (unpaired) electrons. The monoisotopic (exact) mass is 752 g/mol. The first-order valence-corrected chi connectivity index (χ1v) is 17.6. The lowest BCUT2D eigenvalue weighted by Crippen LogP contribution is -2.35. The maximum absolute atomic E-state index is 14.4. The van der Waals surface area contributed by atoms with Gasteiger partial charge in [0.25, 0.3) is 0 Å². The predicted octanol–water partition coefficient (Wildman–Crippen LogP) is 6.53. The van der Waals surface area contributed by atoms with Gasteiger partial charge in [0, 0.05) is 54.4 Å². The smallest absolute Gasteiger partial charge is 0.419 e. The number of nitrogens with one attached hydrogen (secondary N) is 4. The Morgan fingerprint density at radius 2 is 1.70 bits per heavy atom. The van der Waals surface area contributed by atoms with Crippen LogP contribution in [-0.2, 0) is 35.3 Å². The van der Waals surface area contributed by atoms with Gasteiger partial charge in [0.05, 0.1) is 36.5 Å². The summed E-state index contributed by atoms with van der Waals surface area (Å²) in [4.78, 5) is 31.7. The highest BCUT2D eigenvalue weighted by Gasteiger charge is 2.37. The molecule has 2 aromatic carbocycles. The van der Waals surface area contributed by atoms with Crippen LogP contribution < -0.4 is 30.7 Å². The van der Waals surface area contributed by atoms with Gasteiger partial charge < -0.3 is 35.8 Å². The number of hydrogen-bond acceptors (Lipinski definition) is 9. The topological polar surface area (TPSA) is 147 Å². The number of hydrogen-bond donors (Lipinski definition) is 5. The lowest BCUT2D eigenvalue weighted by molar-refractivity contribution is -0.139. The van der Waals surface area contributed by atoms with Crippen molar-refractivity contribution in [3.63, 3.8) is 0 Å². The zero-order valence-corrected chi connectivity index (χ0v) is 30.1. The zero-order valence-electron chi connectivity index (χ0n) is 29.4. The third-order valence-electron chi connectivity index (χ3n) is 9.60. The molecule has 1 saturated heterocycles. The molecule has 0 saturated carbocycles. The number of rotatable bonds is 14. The van der Waals surface area contributed by atoms with Crippen LogP contribution in [0.5, 0.6) is 11.8 Å². The van der Waals surface area contributed by atoms with E-state index in [2.05, 4.69) is 26.3 Å². The summed E-state index contributed by atoms with van der Waals surface area (Å²) in [6, 6.07) is 14.7. The molecule has 4 aromatic rings. The van der Waals surface area contributed by atoms with E-state index in [0.29, 0.717) is 54.5 Å². The number of carboxylic acids is 1. The van der Waals surface area contributed by atoms with Gasteiger partial charge in [0.2, 0.25) is 17.7 Å². The van der Waals surface area contributed by atoms with E-state index in [0.717, 1.165) is 40.3 Å². The van der Waals surface area contributed by atoms with Crippen molar-refractivity contribution in [1.82, 2.24) is 25.9 Å². The summed E-state index contributed by atoms with van der Waals surface area (Å²) in [5.41, 5.74) is 4.67. The summed E-state index contributed by atoms with van der Waals surface area (Å²) in [5, 5.41) is 21.7. The number of fused-ring (bicyclic) bond motifs is 1. The highest BCUT2D eigenvalue weighted by atomic mass is 35.5. The van der Waals surface area contributed by atoms with Gasteiger partial charge in [-0.25, -0.2) is 4.98 Å². The van der Waals surface area contributed by atoms with Crippen molar-refractivity contribution < 1.29 is 37.3 Å². The van der Waals surface area contributed by atoms with Gasteiger partial charge in [-0.1, -0.05) is 54.1 Å². The molecule has 15 heteroatoms.